The lowest BCUT2D eigenvalue weighted by Gasteiger charge is -2.20. The molecule has 1 aromatic rings. The Morgan fingerprint density at radius 2 is 1.48 bits per heavy atom. The van der Waals surface area contributed by atoms with E-state index in [1.54, 1.807) is 22.3 Å². The van der Waals surface area contributed by atoms with Gasteiger partial charge in [-0.1, -0.05) is 65.9 Å². The summed E-state index contributed by atoms with van der Waals surface area (Å²) < 4.78 is 0. The van der Waals surface area contributed by atoms with Crippen LogP contribution in [0.3, 0.4) is 0 Å². The first-order valence-electron chi connectivity index (χ1n) is 9.14. The van der Waals surface area contributed by atoms with Gasteiger partial charge in [-0.25, -0.2) is 0 Å². The SMILES string of the molecule is CCCCCCCCc1c(C)cc(C(C)C)c(CC)c1C. The number of rotatable bonds is 9. The van der Waals surface area contributed by atoms with E-state index in [2.05, 4.69) is 47.6 Å². The van der Waals surface area contributed by atoms with Crippen molar-refractivity contribution in [2.45, 2.75) is 98.8 Å². The Kier molecular flexibility index (Phi) is 8.07. The molecule has 0 heteroatoms. The van der Waals surface area contributed by atoms with Crippen LogP contribution >= 0.6 is 0 Å². The Labute approximate surface area is 133 Å². The summed E-state index contributed by atoms with van der Waals surface area (Å²) in [6, 6.07) is 2.46. The first kappa shape index (κ1) is 18.3. The third kappa shape index (κ3) is 5.16. The average Bonchev–Trinajstić information content (AvgIpc) is 2.44. The van der Waals surface area contributed by atoms with E-state index >= 15 is 0 Å². The number of benzene rings is 1. The van der Waals surface area contributed by atoms with Gasteiger partial charge in [0.25, 0.3) is 0 Å². The van der Waals surface area contributed by atoms with Crippen molar-refractivity contribution in [1.82, 2.24) is 0 Å². The molecule has 0 saturated carbocycles. The maximum absolute atomic E-state index is 2.46. The summed E-state index contributed by atoms with van der Waals surface area (Å²) in [5.74, 6) is 0.639. The summed E-state index contributed by atoms with van der Waals surface area (Å²) in [6.07, 6.45) is 10.8. The Bertz CT molecular complexity index is 426. The number of hydrogen-bond acceptors (Lipinski definition) is 0. The lowest BCUT2D eigenvalue weighted by molar-refractivity contribution is 0.606. The van der Waals surface area contributed by atoms with E-state index in [4.69, 9.17) is 0 Å². The summed E-state index contributed by atoms with van der Waals surface area (Å²) in [5.41, 5.74) is 7.90. The Morgan fingerprint density at radius 3 is 2.05 bits per heavy atom. The zero-order chi connectivity index (χ0) is 15.8. The monoisotopic (exact) mass is 288 g/mol. The molecule has 120 valence electrons. The molecule has 0 N–H and O–H groups in total. The summed E-state index contributed by atoms with van der Waals surface area (Å²) in [6.45, 7) is 13.9. The van der Waals surface area contributed by atoms with Crippen LogP contribution in [0.5, 0.6) is 0 Å². The fraction of sp³-hybridized carbons (Fsp3) is 0.714. The third-order valence-corrected chi connectivity index (χ3v) is 4.86. The second-order valence-electron chi connectivity index (χ2n) is 6.89. The molecule has 1 rings (SSSR count). The molecule has 0 aromatic heterocycles. The van der Waals surface area contributed by atoms with Crippen LogP contribution in [0.1, 0.15) is 100.0 Å². The minimum absolute atomic E-state index is 0.639. The van der Waals surface area contributed by atoms with Crippen molar-refractivity contribution in [1.29, 1.82) is 0 Å². The Morgan fingerprint density at radius 1 is 0.857 bits per heavy atom. The minimum Gasteiger partial charge on any atom is -0.0654 e. The van der Waals surface area contributed by atoms with E-state index in [9.17, 15) is 0 Å². The molecule has 0 atom stereocenters. The van der Waals surface area contributed by atoms with Crippen molar-refractivity contribution in [3.63, 3.8) is 0 Å². The average molecular weight is 289 g/mol. The first-order valence-corrected chi connectivity index (χ1v) is 9.14. The van der Waals surface area contributed by atoms with Gasteiger partial charge in [0, 0.05) is 0 Å². The smallest absolute Gasteiger partial charge is 0.0216 e. The molecule has 0 saturated heterocycles. The lowest BCUT2D eigenvalue weighted by atomic mass is 9.85. The maximum Gasteiger partial charge on any atom is -0.0216 e. The van der Waals surface area contributed by atoms with Gasteiger partial charge in [0.15, 0.2) is 0 Å². The molecule has 0 unspecified atom stereocenters. The van der Waals surface area contributed by atoms with E-state index in [0.717, 1.165) is 0 Å². The van der Waals surface area contributed by atoms with Crippen LogP contribution in [0.15, 0.2) is 6.07 Å². The fourth-order valence-corrected chi connectivity index (χ4v) is 3.55. The second-order valence-corrected chi connectivity index (χ2v) is 6.89. The molecule has 0 fully saturated rings. The van der Waals surface area contributed by atoms with Gasteiger partial charge >= 0.3 is 0 Å². The van der Waals surface area contributed by atoms with Crippen molar-refractivity contribution >= 4 is 0 Å². The molecule has 0 aliphatic heterocycles. The molecule has 0 radical (unpaired) electrons. The van der Waals surface area contributed by atoms with Gasteiger partial charge in [-0.3, -0.25) is 0 Å². The molecule has 21 heavy (non-hydrogen) atoms. The predicted octanol–water partition coefficient (Wildman–Crippen LogP) is 6.89. The maximum atomic E-state index is 2.46. The molecule has 0 spiro atoms. The largest absolute Gasteiger partial charge is 0.0654 e. The van der Waals surface area contributed by atoms with Gasteiger partial charge in [0.05, 0.1) is 0 Å². The first-order chi connectivity index (χ1) is 10.0. The summed E-state index contributed by atoms with van der Waals surface area (Å²) in [4.78, 5) is 0. The van der Waals surface area contributed by atoms with Crippen molar-refractivity contribution in [3.8, 4) is 0 Å². The van der Waals surface area contributed by atoms with Crippen LogP contribution in [0, 0.1) is 13.8 Å². The van der Waals surface area contributed by atoms with Gasteiger partial charge in [-0.05, 0) is 66.8 Å². The van der Waals surface area contributed by atoms with E-state index in [1.165, 1.54) is 56.9 Å². The topological polar surface area (TPSA) is 0 Å². The third-order valence-electron chi connectivity index (χ3n) is 4.86. The molecule has 1 aromatic carbocycles. The van der Waals surface area contributed by atoms with Gasteiger partial charge in [-0.2, -0.15) is 0 Å². The summed E-state index contributed by atoms with van der Waals surface area (Å²) in [5, 5.41) is 0. The molecule has 0 heterocycles. The highest BCUT2D eigenvalue weighted by Gasteiger charge is 2.13. The second kappa shape index (κ2) is 9.28. The van der Waals surface area contributed by atoms with Crippen molar-refractivity contribution in [2.24, 2.45) is 0 Å². The fourth-order valence-electron chi connectivity index (χ4n) is 3.55. The van der Waals surface area contributed by atoms with E-state index in [0.29, 0.717) is 5.92 Å². The zero-order valence-corrected chi connectivity index (χ0v) is 15.3. The van der Waals surface area contributed by atoms with Gasteiger partial charge < -0.3 is 0 Å². The minimum atomic E-state index is 0.639. The summed E-state index contributed by atoms with van der Waals surface area (Å²) >= 11 is 0. The Balaban J connectivity index is 2.74. The summed E-state index contributed by atoms with van der Waals surface area (Å²) in [7, 11) is 0. The number of aryl methyl sites for hydroxylation is 1. The van der Waals surface area contributed by atoms with E-state index in [1.807, 2.05) is 0 Å². The molecular formula is C21H36. The van der Waals surface area contributed by atoms with Crippen LogP contribution in [-0.4, -0.2) is 0 Å². The highest BCUT2D eigenvalue weighted by atomic mass is 14.2. The lowest BCUT2D eigenvalue weighted by Crippen LogP contribution is -2.05. The number of unbranched alkanes of at least 4 members (excludes halogenated alkanes) is 5. The number of hydrogen-bond donors (Lipinski definition) is 0. The van der Waals surface area contributed by atoms with E-state index in [-0.39, 0.29) is 0 Å². The molecular weight excluding hydrogens is 252 g/mol. The quantitative estimate of drug-likeness (QED) is 0.434. The van der Waals surface area contributed by atoms with Crippen LogP contribution in [0.4, 0.5) is 0 Å². The highest BCUT2D eigenvalue weighted by Crippen LogP contribution is 2.29. The highest BCUT2D eigenvalue weighted by molar-refractivity contribution is 5.46. The normalized spacial score (nSPS) is 11.4. The van der Waals surface area contributed by atoms with Crippen molar-refractivity contribution < 1.29 is 0 Å². The Hall–Kier alpha value is -0.780. The standard InChI is InChI=1S/C21H36/c1-7-9-10-11-12-13-14-20-17(5)15-21(16(3)4)19(8-2)18(20)6/h15-16H,7-14H2,1-6H3. The molecule has 0 aliphatic carbocycles. The molecule has 0 amide bonds. The van der Waals surface area contributed by atoms with Crippen LogP contribution in [0.2, 0.25) is 0 Å². The van der Waals surface area contributed by atoms with Gasteiger partial charge in [-0.15, -0.1) is 0 Å². The van der Waals surface area contributed by atoms with Crippen molar-refractivity contribution in [2.75, 3.05) is 0 Å². The zero-order valence-electron chi connectivity index (χ0n) is 15.3. The molecule has 0 nitrogen and oxygen atoms in total. The van der Waals surface area contributed by atoms with Crippen molar-refractivity contribution in [3.05, 3.63) is 33.9 Å². The molecule has 0 bridgehead atoms. The van der Waals surface area contributed by atoms with Crippen LogP contribution in [0.25, 0.3) is 0 Å². The van der Waals surface area contributed by atoms with Gasteiger partial charge in [0.2, 0.25) is 0 Å². The van der Waals surface area contributed by atoms with Gasteiger partial charge in [0.1, 0.15) is 0 Å². The predicted molar refractivity (Wildman–Crippen MR) is 96.5 cm³/mol. The van der Waals surface area contributed by atoms with Crippen LogP contribution < -0.4 is 0 Å². The molecule has 0 aliphatic rings. The van der Waals surface area contributed by atoms with E-state index < -0.39 is 0 Å². The van der Waals surface area contributed by atoms with Crippen LogP contribution in [-0.2, 0) is 12.8 Å².